The predicted molar refractivity (Wildman–Crippen MR) is 60.9 cm³/mol. The fourth-order valence-corrected chi connectivity index (χ4v) is 1.10. The SMILES string of the molecule is CCCCN1C=CN(C)C1.[Cl][Fe]([Cl])[Cl]. The minimum absolute atomic E-state index is 1.07. The van der Waals surface area contributed by atoms with E-state index in [4.69, 9.17) is 30.3 Å². The molecule has 0 aliphatic carbocycles. The average molecular weight is 302 g/mol. The van der Waals surface area contributed by atoms with Gasteiger partial charge in [0.15, 0.2) is 0 Å². The molecule has 0 N–H and O–H groups in total. The van der Waals surface area contributed by atoms with Crippen LogP contribution in [0.3, 0.4) is 0 Å². The van der Waals surface area contributed by atoms with E-state index in [-0.39, 0.29) is 0 Å². The summed E-state index contributed by atoms with van der Waals surface area (Å²) in [5.41, 5.74) is 0. The van der Waals surface area contributed by atoms with Gasteiger partial charge in [-0.05, 0) is 6.42 Å². The van der Waals surface area contributed by atoms with Crippen molar-refractivity contribution in [2.75, 3.05) is 20.3 Å². The van der Waals surface area contributed by atoms with Crippen LogP contribution in [0.4, 0.5) is 0 Å². The summed E-state index contributed by atoms with van der Waals surface area (Å²) in [5, 5.41) is 0. The summed E-state index contributed by atoms with van der Waals surface area (Å²) < 4.78 is 0. The fourth-order valence-electron chi connectivity index (χ4n) is 1.10. The van der Waals surface area contributed by atoms with Crippen molar-refractivity contribution < 1.29 is 11.2 Å². The van der Waals surface area contributed by atoms with E-state index in [0.29, 0.717) is 0 Å². The van der Waals surface area contributed by atoms with E-state index in [1.807, 2.05) is 0 Å². The molecule has 0 atom stereocenters. The molecule has 0 saturated carbocycles. The summed E-state index contributed by atoms with van der Waals surface area (Å²) in [4.78, 5) is 4.53. The summed E-state index contributed by atoms with van der Waals surface area (Å²) in [6, 6.07) is 0. The first kappa shape index (κ1) is 14.7. The van der Waals surface area contributed by atoms with Gasteiger partial charge in [0.2, 0.25) is 0 Å². The summed E-state index contributed by atoms with van der Waals surface area (Å²) in [7, 11) is 16.8. The molecule has 87 valence electrons. The molecule has 0 spiro atoms. The van der Waals surface area contributed by atoms with Gasteiger partial charge in [-0.25, -0.2) is 0 Å². The van der Waals surface area contributed by atoms with Crippen LogP contribution < -0.4 is 0 Å². The molecule has 0 radical (unpaired) electrons. The molecule has 1 aliphatic rings. The number of nitrogens with zero attached hydrogens (tertiary/aromatic N) is 2. The van der Waals surface area contributed by atoms with Gasteiger partial charge < -0.3 is 9.80 Å². The molecule has 6 heteroatoms. The van der Waals surface area contributed by atoms with Crippen molar-refractivity contribution in [3.63, 3.8) is 0 Å². The van der Waals surface area contributed by atoms with Crippen molar-refractivity contribution in [2.45, 2.75) is 19.8 Å². The Morgan fingerprint density at radius 1 is 1.29 bits per heavy atom. The summed E-state index contributed by atoms with van der Waals surface area (Å²) in [5.74, 6) is 0. The van der Waals surface area contributed by atoms with Crippen LogP contribution in [0.15, 0.2) is 12.4 Å². The van der Waals surface area contributed by atoms with Crippen molar-refractivity contribution in [3.05, 3.63) is 12.4 Å². The molecule has 0 aromatic carbocycles. The Hall–Kier alpha value is 0.729. The number of halogens is 3. The molecular formula is C8H16Cl3FeN2. The maximum atomic E-state index is 4.89. The minimum atomic E-state index is -1.33. The molecule has 1 aliphatic heterocycles. The number of hydrogen-bond acceptors (Lipinski definition) is 2. The van der Waals surface area contributed by atoms with Gasteiger partial charge in [-0.3, -0.25) is 0 Å². The van der Waals surface area contributed by atoms with Gasteiger partial charge in [0, 0.05) is 26.0 Å². The van der Waals surface area contributed by atoms with Crippen LogP contribution in [0.5, 0.6) is 0 Å². The van der Waals surface area contributed by atoms with E-state index in [2.05, 4.69) is 36.2 Å². The van der Waals surface area contributed by atoms with Crippen molar-refractivity contribution in [1.29, 1.82) is 0 Å². The second-order valence-corrected chi connectivity index (χ2v) is 8.49. The van der Waals surface area contributed by atoms with Crippen molar-refractivity contribution in [3.8, 4) is 0 Å². The monoisotopic (exact) mass is 301 g/mol. The Labute approximate surface area is 103 Å². The normalized spacial score (nSPS) is 15.4. The first-order valence-corrected chi connectivity index (χ1v) is 8.91. The number of unbranched alkanes of at least 4 members (excludes halogenated alkanes) is 1. The van der Waals surface area contributed by atoms with Crippen molar-refractivity contribution in [1.82, 2.24) is 9.80 Å². The molecule has 0 aromatic heterocycles. The standard InChI is InChI=1S/C8H16N2.3ClH.Fe/c1-3-4-5-10-7-6-9(2)8-10;;;;/h6-7H,3-5,8H2,1-2H3;3*1H;/q;;;;+3/p-3. The topological polar surface area (TPSA) is 6.48 Å². The molecule has 0 unspecified atom stereocenters. The second kappa shape index (κ2) is 8.99. The van der Waals surface area contributed by atoms with Crippen molar-refractivity contribution in [2.24, 2.45) is 0 Å². The van der Waals surface area contributed by atoms with Crippen LogP contribution >= 0.6 is 30.3 Å². The van der Waals surface area contributed by atoms with Gasteiger partial charge in [0.05, 0.1) is 6.67 Å². The molecule has 1 heterocycles. The molecule has 0 saturated heterocycles. The van der Waals surface area contributed by atoms with Gasteiger partial charge in [0.1, 0.15) is 0 Å². The Kier molecular flexibility index (Phi) is 9.46. The third kappa shape index (κ3) is 9.29. The van der Waals surface area contributed by atoms with Crippen LogP contribution in [0.1, 0.15) is 19.8 Å². The van der Waals surface area contributed by atoms with Crippen molar-refractivity contribution >= 4 is 30.3 Å². The quantitative estimate of drug-likeness (QED) is 0.736. The summed E-state index contributed by atoms with van der Waals surface area (Å²) in [6.45, 7) is 4.50. The molecule has 14 heavy (non-hydrogen) atoms. The van der Waals surface area contributed by atoms with Crippen LogP contribution in [-0.2, 0) is 11.2 Å². The first-order valence-electron chi connectivity index (χ1n) is 4.35. The maximum absolute atomic E-state index is 4.89. The van der Waals surface area contributed by atoms with Gasteiger partial charge in [-0.15, -0.1) is 0 Å². The average Bonchev–Trinajstić information content (AvgIpc) is 2.47. The van der Waals surface area contributed by atoms with Gasteiger partial charge >= 0.3 is 41.5 Å². The molecule has 0 fully saturated rings. The van der Waals surface area contributed by atoms with Gasteiger partial charge in [-0.1, -0.05) is 13.3 Å². The molecular weight excluding hydrogens is 286 g/mol. The van der Waals surface area contributed by atoms with E-state index < -0.39 is 11.2 Å². The van der Waals surface area contributed by atoms with E-state index in [1.54, 1.807) is 0 Å². The molecule has 0 amide bonds. The number of hydrogen-bond donors (Lipinski definition) is 0. The molecule has 0 bridgehead atoms. The van der Waals surface area contributed by atoms with Gasteiger partial charge in [0.25, 0.3) is 0 Å². The summed E-state index contributed by atoms with van der Waals surface area (Å²) in [6.07, 6.45) is 6.87. The summed E-state index contributed by atoms with van der Waals surface area (Å²) >= 11 is -1.33. The zero-order chi connectivity index (χ0) is 11.0. The Bertz CT molecular complexity index is 164. The van der Waals surface area contributed by atoms with Crippen LogP contribution in [-0.4, -0.2) is 30.1 Å². The van der Waals surface area contributed by atoms with E-state index in [0.717, 1.165) is 6.67 Å². The molecule has 1 rings (SSSR count). The Morgan fingerprint density at radius 2 is 1.86 bits per heavy atom. The first-order chi connectivity index (χ1) is 6.56. The Balaban J connectivity index is 0.000000364. The third-order valence-electron chi connectivity index (χ3n) is 1.74. The van der Waals surface area contributed by atoms with Gasteiger partial charge in [-0.2, -0.15) is 0 Å². The second-order valence-electron chi connectivity index (χ2n) is 3.01. The molecule has 2 nitrogen and oxygen atoms in total. The van der Waals surface area contributed by atoms with Crippen LogP contribution in [0.2, 0.25) is 0 Å². The zero-order valence-electron chi connectivity index (χ0n) is 8.37. The van der Waals surface area contributed by atoms with Crippen LogP contribution in [0, 0.1) is 0 Å². The van der Waals surface area contributed by atoms with E-state index in [9.17, 15) is 0 Å². The zero-order valence-corrected chi connectivity index (χ0v) is 11.7. The fraction of sp³-hybridized carbons (Fsp3) is 0.750. The number of rotatable bonds is 3. The van der Waals surface area contributed by atoms with E-state index >= 15 is 0 Å². The predicted octanol–water partition coefficient (Wildman–Crippen LogP) is 3.53. The van der Waals surface area contributed by atoms with Crippen LogP contribution in [0.25, 0.3) is 0 Å². The third-order valence-corrected chi connectivity index (χ3v) is 1.74. The van der Waals surface area contributed by atoms with E-state index in [1.165, 1.54) is 19.4 Å². The Morgan fingerprint density at radius 3 is 2.21 bits per heavy atom. The molecule has 0 aromatic rings.